The second kappa shape index (κ2) is 6.48. The van der Waals surface area contributed by atoms with Crippen LogP contribution in [0.25, 0.3) is 0 Å². The molecule has 1 aromatic rings. The topological polar surface area (TPSA) is 64.3 Å². The van der Waals surface area contributed by atoms with Crippen molar-refractivity contribution in [2.45, 2.75) is 6.92 Å². The van der Waals surface area contributed by atoms with Crippen molar-refractivity contribution in [3.05, 3.63) is 28.8 Å². The van der Waals surface area contributed by atoms with E-state index in [4.69, 9.17) is 22.1 Å². The van der Waals surface area contributed by atoms with Gasteiger partial charge in [-0.1, -0.05) is 17.7 Å². The molecule has 0 saturated heterocycles. The molecule has 1 rings (SSSR count). The lowest BCUT2D eigenvalue weighted by Crippen LogP contribution is -2.21. The number of benzene rings is 1. The van der Waals surface area contributed by atoms with Crippen molar-refractivity contribution in [2.24, 2.45) is 5.73 Å². The Balaban J connectivity index is 2.52. The lowest BCUT2D eigenvalue weighted by molar-refractivity contribution is -0.120. The standard InChI is InChI=1S/C11H15ClN2O2/c1-8-2-3-9(12)6-10(8)14-11(15)7-16-5-4-13/h2-3,6H,4-5,7,13H2,1H3,(H,14,15). The Morgan fingerprint density at radius 3 is 3.00 bits per heavy atom. The molecule has 1 amide bonds. The maximum absolute atomic E-state index is 11.4. The third kappa shape index (κ3) is 4.18. The first-order valence-corrected chi connectivity index (χ1v) is 5.35. The Morgan fingerprint density at radius 1 is 1.56 bits per heavy atom. The van der Waals surface area contributed by atoms with Gasteiger partial charge < -0.3 is 15.8 Å². The highest BCUT2D eigenvalue weighted by molar-refractivity contribution is 6.31. The molecule has 1 aromatic carbocycles. The molecule has 16 heavy (non-hydrogen) atoms. The molecule has 0 aliphatic rings. The van der Waals surface area contributed by atoms with Gasteiger partial charge in [-0.2, -0.15) is 0 Å². The van der Waals surface area contributed by atoms with E-state index in [0.717, 1.165) is 5.56 Å². The molecule has 0 aromatic heterocycles. The molecule has 5 heteroatoms. The number of hydrogen-bond donors (Lipinski definition) is 2. The lowest BCUT2D eigenvalue weighted by Gasteiger charge is -2.08. The smallest absolute Gasteiger partial charge is 0.250 e. The Kier molecular flexibility index (Phi) is 5.25. The first kappa shape index (κ1) is 13.0. The van der Waals surface area contributed by atoms with Gasteiger partial charge in [-0.25, -0.2) is 0 Å². The lowest BCUT2D eigenvalue weighted by atomic mass is 10.2. The highest BCUT2D eigenvalue weighted by Crippen LogP contribution is 2.19. The highest BCUT2D eigenvalue weighted by Gasteiger charge is 2.05. The molecule has 0 bridgehead atoms. The van der Waals surface area contributed by atoms with Crippen LogP contribution in [0.15, 0.2) is 18.2 Å². The minimum Gasteiger partial charge on any atom is -0.370 e. The van der Waals surface area contributed by atoms with E-state index in [9.17, 15) is 4.79 Å². The predicted octanol–water partition coefficient (Wildman–Crippen LogP) is 1.56. The second-order valence-corrected chi connectivity index (χ2v) is 3.79. The molecule has 0 fully saturated rings. The maximum atomic E-state index is 11.4. The van der Waals surface area contributed by atoms with Crippen LogP contribution in [-0.2, 0) is 9.53 Å². The van der Waals surface area contributed by atoms with Crippen molar-refractivity contribution in [3.63, 3.8) is 0 Å². The summed E-state index contributed by atoms with van der Waals surface area (Å²) >= 11 is 5.83. The van der Waals surface area contributed by atoms with Gasteiger partial charge in [-0.15, -0.1) is 0 Å². The van der Waals surface area contributed by atoms with Crippen molar-refractivity contribution in [1.82, 2.24) is 0 Å². The molecule has 0 saturated carbocycles. The molecular formula is C11H15ClN2O2. The molecule has 3 N–H and O–H groups in total. The summed E-state index contributed by atoms with van der Waals surface area (Å²) in [6.45, 7) is 2.68. The van der Waals surface area contributed by atoms with Gasteiger partial charge >= 0.3 is 0 Å². The fourth-order valence-electron chi connectivity index (χ4n) is 1.16. The number of carbonyl (C=O) groups excluding carboxylic acids is 1. The summed E-state index contributed by atoms with van der Waals surface area (Å²) in [4.78, 5) is 11.4. The van der Waals surface area contributed by atoms with Gasteiger partial charge in [0.2, 0.25) is 5.91 Å². The van der Waals surface area contributed by atoms with E-state index in [1.807, 2.05) is 13.0 Å². The summed E-state index contributed by atoms with van der Waals surface area (Å²) in [6, 6.07) is 5.33. The third-order valence-corrected chi connectivity index (χ3v) is 2.20. The predicted molar refractivity (Wildman–Crippen MR) is 64.7 cm³/mol. The molecule has 4 nitrogen and oxygen atoms in total. The number of aryl methyl sites for hydroxylation is 1. The third-order valence-electron chi connectivity index (χ3n) is 1.97. The summed E-state index contributed by atoms with van der Waals surface area (Å²) in [5.41, 5.74) is 6.89. The van der Waals surface area contributed by atoms with Crippen LogP contribution >= 0.6 is 11.6 Å². The number of rotatable bonds is 5. The van der Waals surface area contributed by atoms with Crippen LogP contribution in [0, 0.1) is 6.92 Å². The van der Waals surface area contributed by atoms with Crippen molar-refractivity contribution in [3.8, 4) is 0 Å². The SMILES string of the molecule is Cc1ccc(Cl)cc1NC(=O)COCCN. The molecule has 0 heterocycles. The molecular weight excluding hydrogens is 228 g/mol. The molecule has 0 radical (unpaired) electrons. The summed E-state index contributed by atoms with van der Waals surface area (Å²) in [5, 5.41) is 3.31. The van der Waals surface area contributed by atoms with Gasteiger partial charge in [0, 0.05) is 17.3 Å². The number of nitrogens with one attached hydrogen (secondary N) is 1. The Labute approximate surface area is 99.7 Å². The van der Waals surface area contributed by atoms with Crippen molar-refractivity contribution >= 4 is 23.2 Å². The minimum atomic E-state index is -0.209. The van der Waals surface area contributed by atoms with E-state index in [2.05, 4.69) is 5.32 Å². The van der Waals surface area contributed by atoms with Crippen LogP contribution in [0.2, 0.25) is 5.02 Å². The van der Waals surface area contributed by atoms with Gasteiger partial charge in [0.1, 0.15) is 6.61 Å². The largest absolute Gasteiger partial charge is 0.370 e. The minimum absolute atomic E-state index is 0.00313. The molecule has 88 valence electrons. The molecule has 0 spiro atoms. The van der Waals surface area contributed by atoms with E-state index in [1.165, 1.54) is 0 Å². The van der Waals surface area contributed by atoms with Gasteiger partial charge in [0.15, 0.2) is 0 Å². The van der Waals surface area contributed by atoms with Crippen LogP contribution in [0.1, 0.15) is 5.56 Å². The molecule has 0 aliphatic carbocycles. The normalized spacial score (nSPS) is 10.2. The second-order valence-electron chi connectivity index (χ2n) is 3.35. The summed E-state index contributed by atoms with van der Waals surface area (Å²) in [5.74, 6) is -0.209. The number of amides is 1. The monoisotopic (exact) mass is 242 g/mol. The average Bonchev–Trinajstić information content (AvgIpc) is 2.24. The highest BCUT2D eigenvalue weighted by atomic mass is 35.5. The van der Waals surface area contributed by atoms with E-state index in [-0.39, 0.29) is 12.5 Å². The van der Waals surface area contributed by atoms with Crippen molar-refractivity contribution in [1.29, 1.82) is 0 Å². The zero-order chi connectivity index (χ0) is 12.0. The van der Waals surface area contributed by atoms with Crippen LogP contribution in [-0.4, -0.2) is 25.7 Å². The number of carbonyl (C=O) groups is 1. The van der Waals surface area contributed by atoms with Gasteiger partial charge in [0.25, 0.3) is 0 Å². The zero-order valence-corrected chi connectivity index (χ0v) is 9.88. The number of ether oxygens (including phenoxy) is 1. The van der Waals surface area contributed by atoms with Crippen LogP contribution < -0.4 is 11.1 Å². The quantitative estimate of drug-likeness (QED) is 0.771. The van der Waals surface area contributed by atoms with E-state index < -0.39 is 0 Å². The van der Waals surface area contributed by atoms with Gasteiger partial charge in [-0.3, -0.25) is 4.79 Å². The van der Waals surface area contributed by atoms with Crippen LogP contribution in [0.5, 0.6) is 0 Å². The van der Waals surface area contributed by atoms with Crippen LogP contribution in [0.3, 0.4) is 0 Å². The Hall–Kier alpha value is -1.10. The van der Waals surface area contributed by atoms with E-state index >= 15 is 0 Å². The number of halogens is 1. The number of hydrogen-bond acceptors (Lipinski definition) is 3. The molecule has 0 atom stereocenters. The first-order valence-electron chi connectivity index (χ1n) is 4.97. The molecule has 0 unspecified atom stereocenters. The number of nitrogens with two attached hydrogens (primary N) is 1. The Bertz CT molecular complexity index is 369. The van der Waals surface area contributed by atoms with Crippen LogP contribution in [0.4, 0.5) is 5.69 Å². The van der Waals surface area contributed by atoms with E-state index in [1.54, 1.807) is 12.1 Å². The van der Waals surface area contributed by atoms with E-state index in [0.29, 0.717) is 23.9 Å². The zero-order valence-electron chi connectivity index (χ0n) is 9.13. The van der Waals surface area contributed by atoms with Gasteiger partial charge in [0.05, 0.1) is 6.61 Å². The fourth-order valence-corrected chi connectivity index (χ4v) is 1.34. The average molecular weight is 243 g/mol. The summed E-state index contributed by atoms with van der Waals surface area (Å²) in [7, 11) is 0. The first-order chi connectivity index (χ1) is 7.63. The molecule has 0 aliphatic heterocycles. The summed E-state index contributed by atoms with van der Waals surface area (Å²) < 4.78 is 5.02. The maximum Gasteiger partial charge on any atom is 0.250 e. The Morgan fingerprint density at radius 2 is 2.31 bits per heavy atom. The fraction of sp³-hybridized carbons (Fsp3) is 0.364. The summed E-state index contributed by atoms with van der Waals surface area (Å²) in [6.07, 6.45) is 0. The van der Waals surface area contributed by atoms with Gasteiger partial charge in [-0.05, 0) is 24.6 Å². The van der Waals surface area contributed by atoms with Crippen molar-refractivity contribution < 1.29 is 9.53 Å². The van der Waals surface area contributed by atoms with Crippen molar-refractivity contribution in [2.75, 3.05) is 25.1 Å². The number of anilines is 1.